The number of nitriles is 1. The average Bonchev–Trinajstić information content (AvgIpc) is 2.41. The molecule has 0 aliphatic carbocycles. The van der Waals surface area contributed by atoms with Gasteiger partial charge in [0, 0.05) is 18.3 Å². The van der Waals surface area contributed by atoms with Gasteiger partial charge < -0.3 is 16.0 Å². The molecule has 0 bridgehead atoms. The van der Waals surface area contributed by atoms with E-state index in [1.165, 1.54) is 0 Å². The summed E-state index contributed by atoms with van der Waals surface area (Å²) in [5, 5.41) is 11.9. The van der Waals surface area contributed by atoms with Crippen LogP contribution >= 0.6 is 0 Å². The molecule has 2 rings (SSSR count). The first kappa shape index (κ1) is 13.4. The lowest BCUT2D eigenvalue weighted by atomic mass is 10.0. The van der Waals surface area contributed by atoms with E-state index in [9.17, 15) is 4.79 Å². The summed E-state index contributed by atoms with van der Waals surface area (Å²) in [5.74, 6) is 0.00607. The van der Waals surface area contributed by atoms with E-state index in [0.717, 1.165) is 12.2 Å². The monoisotopic (exact) mass is 258 g/mol. The normalized spacial score (nSPS) is 22.8. The zero-order chi connectivity index (χ0) is 13.8. The van der Waals surface area contributed by atoms with Crippen LogP contribution in [0.3, 0.4) is 0 Å². The molecule has 0 aromatic heterocycles. The second-order valence-corrected chi connectivity index (χ2v) is 4.82. The smallest absolute Gasteiger partial charge is 0.243 e. The maximum absolute atomic E-state index is 12.1. The van der Waals surface area contributed by atoms with Crippen molar-refractivity contribution in [3.05, 3.63) is 29.8 Å². The summed E-state index contributed by atoms with van der Waals surface area (Å²) < 4.78 is 0. The molecule has 5 heteroatoms. The number of hydrogen-bond donors (Lipinski definition) is 2. The lowest BCUT2D eigenvalue weighted by Crippen LogP contribution is -2.59. The van der Waals surface area contributed by atoms with E-state index in [1.54, 1.807) is 6.07 Å². The zero-order valence-electron chi connectivity index (χ0n) is 11.0. The SMILES string of the molecule is CC1CN(c2cccc(C#N)c2)C(CCN)C(=O)N1. The van der Waals surface area contributed by atoms with Gasteiger partial charge in [0.15, 0.2) is 0 Å². The quantitative estimate of drug-likeness (QED) is 0.831. The molecule has 1 fully saturated rings. The van der Waals surface area contributed by atoms with Crippen molar-refractivity contribution < 1.29 is 4.79 Å². The number of benzene rings is 1. The molecule has 1 aromatic rings. The third kappa shape index (κ3) is 2.85. The molecule has 5 nitrogen and oxygen atoms in total. The van der Waals surface area contributed by atoms with E-state index in [4.69, 9.17) is 11.0 Å². The Hall–Kier alpha value is -2.06. The van der Waals surface area contributed by atoms with Crippen LogP contribution in [0.4, 0.5) is 5.69 Å². The van der Waals surface area contributed by atoms with E-state index in [2.05, 4.69) is 11.4 Å². The standard InChI is InChI=1S/C14H18N4O/c1-10-9-18(13(5-6-15)14(19)17-10)12-4-2-3-11(7-12)8-16/h2-4,7,10,13H,5-6,9,15H2,1H3,(H,17,19). The number of carbonyl (C=O) groups is 1. The molecular weight excluding hydrogens is 240 g/mol. The van der Waals surface area contributed by atoms with Crippen LogP contribution in [0.5, 0.6) is 0 Å². The molecule has 100 valence electrons. The summed E-state index contributed by atoms with van der Waals surface area (Å²) in [5.41, 5.74) is 7.10. The van der Waals surface area contributed by atoms with Crippen molar-refractivity contribution in [1.82, 2.24) is 5.32 Å². The molecule has 0 spiro atoms. The van der Waals surface area contributed by atoms with Crippen LogP contribution in [0, 0.1) is 11.3 Å². The fourth-order valence-electron chi connectivity index (χ4n) is 2.43. The van der Waals surface area contributed by atoms with E-state index in [-0.39, 0.29) is 18.0 Å². The molecule has 3 N–H and O–H groups in total. The average molecular weight is 258 g/mol. The van der Waals surface area contributed by atoms with Gasteiger partial charge in [0.25, 0.3) is 0 Å². The van der Waals surface area contributed by atoms with Crippen molar-refractivity contribution in [1.29, 1.82) is 5.26 Å². The van der Waals surface area contributed by atoms with E-state index in [0.29, 0.717) is 18.5 Å². The van der Waals surface area contributed by atoms with Crippen LogP contribution in [0.15, 0.2) is 24.3 Å². The van der Waals surface area contributed by atoms with Gasteiger partial charge in [-0.1, -0.05) is 6.07 Å². The summed E-state index contributed by atoms with van der Waals surface area (Å²) in [6.07, 6.45) is 0.606. The second kappa shape index (κ2) is 5.72. The van der Waals surface area contributed by atoms with Gasteiger partial charge in [-0.2, -0.15) is 5.26 Å². The zero-order valence-corrected chi connectivity index (χ0v) is 11.0. The molecular formula is C14H18N4O. The van der Waals surface area contributed by atoms with Gasteiger partial charge in [-0.3, -0.25) is 4.79 Å². The number of nitrogens with one attached hydrogen (secondary N) is 1. The second-order valence-electron chi connectivity index (χ2n) is 4.82. The largest absolute Gasteiger partial charge is 0.357 e. The van der Waals surface area contributed by atoms with Crippen LogP contribution in [0.1, 0.15) is 18.9 Å². The summed E-state index contributed by atoms with van der Waals surface area (Å²) in [7, 11) is 0. The fourth-order valence-corrected chi connectivity index (χ4v) is 2.43. The number of piperazine rings is 1. The summed E-state index contributed by atoms with van der Waals surface area (Å²) in [6, 6.07) is 9.30. The number of nitrogens with zero attached hydrogens (tertiary/aromatic N) is 2. The van der Waals surface area contributed by atoms with Gasteiger partial charge in [-0.15, -0.1) is 0 Å². The Morgan fingerprint density at radius 2 is 2.37 bits per heavy atom. The molecule has 1 aliphatic heterocycles. The Kier molecular flexibility index (Phi) is 4.03. The minimum Gasteiger partial charge on any atom is -0.357 e. The van der Waals surface area contributed by atoms with Crippen LogP contribution in [0.25, 0.3) is 0 Å². The van der Waals surface area contributed by atoms with Crippen LogP contribution in [-0.2, 0) is 4.79 Å². The van der Waals surface area contributed by atoms with Crippen molar-refractivity contribution in [3.63, 3.8) is 0 Å². The summed E-state index contributed by atoms with van der Waals surface area (Å²) in [4.78, 5) is 14.1. The van der Waals surface area contributed by atoms with Crippen LogP contribution in [0.2, 0.25) is 0 Å². The highest BCUT2D eigenvalue weighted by Crippen LogP contribution is 2.22. The first-order valence-corrected chi connectivity index (χ1v) is 6.43. The van der Waals surface area contributed by atoms with Crippen molar-refractivity contribution in [2.75, 3.05) is 18.0 Å². The molecule has 1 aromatic carbocycles. The third-order valence-corrected chi connectivity index (χ3v) is 3.29. The highest BCUT2D eigenvalue weighted by molar-refractivity contribution is 5.87. The fraction of sp³-hybridized carbons (Fsp3) is 0.429. The van der Waals surface area contributed by atoms with Crippen molar-refractivity contribution in [3.8, 4) is 6.07 Å². The maximum atomic E-state index is 12.1. The van der Waals surface area contributed by atoms with Crippen molar-refractivity contribution in [2.45, 2.75) is 25.4 Å². The molecule has 1 saturated heterocycles. The summed E-state index contributed by atoms with van der Waals surface area (Å²) in [6.45, 7) is 3.16. The van der Waals surface area contributed by atoms with E-state index in [1.807, 2.05) is 30.0 Å². The van der Waals surface area contributed by atoms with Crippen molar-refractivity contribution >= 4 is 11.6 Å². The highest BCUT2D eigenvalue weighted by atomic mass is 16.2. The minimum absolute atomic E-state index is 0.00607. The molecule has 2 unspecified atom stereocenters. The van der Waals surface area contributed by atoms with Gasteiger partial charge in [0.2, 0.25) is 5.91 Å². The number of carbonyl (C=O) groups excluding carboxylic acids is 1. The predicted octanol–water partition coefficient (Wildman–Crippen LogP) is 0.600. The Balaban J connectivity index is 2.32. The van der Waals surface area contributed by atoms with Gasteiger partial charge in [0.05, 0.1) is 11.6 Å². The van der Waals surface area contributed by atoms with Crippen LogP contribution < -0.4 is 16.0 Å². The van der Waals surface area contributed by atoms with Gasteiger partial charge in [0.1, 0.15) is 6.04 Å². The molecule has 0 radical (unpaired) electrons. The number of amides is 1. The Morgan fingerprint density at radius 1 is 1.58 bits per heavy atom. The van der Waals surface area contributed by atoms with Crippen molar-refractivity contribution in [2.24, 2.45) is 5.73 Å². The molecule has 1 amide bonds. The van der Waals surface area contributed by atoms with Gasteiger partial charge >= 0.3 is 0 Å². The number of anilines is 1. The molecule has 1 aliphatic rings. The number of rotatable bonds is 3. The Morgan fingerprint density at radius 3 is 3.05 bits per heavy atom. The minimum atomic E-state index is -0.254. The van der Waals surface area contributed by atoms with E-state index < -0.39 is 0 Å². The number of nitrogens with two attached hydrogens (primary N) is 1. The first-order valence-electron chi connectivity index (χ1n) is 6.43. The summed E-state index contributed by atoms with van der Waals surface area (Å²) >= 11 is 0. The molecule has 19 heavy (non-hydrogen) atoms. The topological polar surface area (TPSA) is 82.2 Å². The predicted molar refractivity (Wildman–Crippen MR) is 73.6 cm³/mol. The lowest BCUT2D eigenvalue weighted by molar-refractivity contribution is -0.124. The molecule has 1 heterocycles. The Labute approximate surface area is 113 Å². The molecule has 2 atom stereocenters. The highest BCUT2D eigenvalue weighted by Gasteiger charge is 2.32. The maximum Gasteiger partial charge on any atom is 0.243 e. The number of hydrogen-bond acceptors (Lipinski definition) is 4. The Bertz CT molecular complexity index is 508. The van der Waals surface area contributed by atoms with E-state index >= 15 is 0 Å². The third-order valence-electron chi connectivity index (χ3n) is 3.29. The van der Waals surface area contributed by atoms with Gasteiger partial charge in [-0.25, -0.2) is 0 Å². The van der Waals surface area contributed by atoms with Gasteiger partial charge in [-0.05, 0) is 38.1 Å². The van der Waals surface area contributed by atoms with Crippen LogP contribution in [-0.4, -0.2) is 31.1 Å². The first-order chi connectivity index (χ1) is 9.15. The molecule has 0 saturated carbocycles. The lowest BCUT2D eigenvalue weighted by Gasteiger charge is -2.39.